The Bertz CT molecular complexity index is 805. The minimum absolute atomic E-state index is 0.0372. The molecule has 1 heterocycles. The number of benzene rings is 2. The van der Waals surface area contributed by atoms with Crippen molar-refractivity contribution in [3.63, 3.8) is 0 Å². The maximum absolute atomic E-state index is 13.6. The number of fused-ring (bicyclic) bond motifs is 1. The lowest BCUT2D eigenvalue weighted by Crippen LogP contribution is -2.03. The molecule has 0 spiro atoms. The molecule has 0 saturated carbocycles. The van der Waals surface area contributed by atoms with Crippen molar-refractivity contribution < 1.29 is 4.39 Å². The molecule has 0 atom stereocenters. The Labute approximate surface area is 126 Å². The van der Waals surface area contributed by atoms with Gasteiger partial charge in [0.1, 0.15) is 11.6 Å². The highest BCUT2D eigenvalue weighted by Crippen LogP contribution is 2.30. The SMILES string of the molecule is CCNc1nc(-c2cccc(F)c2Cl)nc2ccccc12. The van der Waals surface area contributed by atoms with Gasteiger partial charge in [0.05, 0.1) is 10.5 Å². The zero-order valence-electron chi connectivity index (χ0n) is 11.4. The molecule has 0 aliphatic heterocycles. The van der Waals surface area contributed by atoms with E-state index < -0.39 is 5.82 Å². The third-order valence-electron chi connectivity index (χ3n) is 3.14. The summed E-state index contributed by atoms with van der Waals surface area (Å²) in [5.74, 6) is 0.656. The molecule has 21 heavy (non-hydrogen) atoms. The van der Waals surface area contributed by atoms with Crippen molar-refractivity contribution in [2.45, 2.75) is 6.92 Å². The van der Waals surface area contributed by atoms with Gasteiger partial charge in [0, 0.05) is 17.5 Å². The van der Waals surface area contributed by atoms with Crippen LogP contribution in [0.2, 0.25) is 5.02 Å². The van der Waals surface area contributed by atoms with Crippen LogP contribution in [-0.2, 0) is 0 Å². The molecule has 2 aromatic carbocycles. The maximum atomic E-state index is 13.6. The molecule has 0 amide bonds. The topological polar surface area (TPSA) is 37.8 Å². The van der Waals surface area contributed by atoms with Gasteiger partial charge in [0.2, 0.25) is 0 Å². The highest BCUT2D eigenvalue weighted by Gasteiger charge is 2.13. The van der Waals surface area contributed by atoms with Crippen LogP contribution in [0.15, 0.2) is 42.5 Å². The van der Waals surface area contributed by atoms with Crippen LogP contribution in [0.25, 0.3) is 22.3 Å². The Morgan fingerprint density at radius 2 is 1.90 bits per heavy atom. The fourth-order valence-electron chi connectivity index (χ4n) is 2.18. The number of hydrogen-bond acceptors (Lipinski definition) is 3. The second kappa shape index (κ2) is 5.66. The molecular formula is C16H13ClFN3. The predicted octanol–water partition coefficient (Wildman–Crippen LogP) is 4.52. The molecule has 0 fully saturated rings. The summed E-state index contributed by atoms with van der Waals surface area (Å²) in [6.45, 7) is 2.73. The molecule has 0 radical (unpaired) electrons. The summed E-state index contributed by atoms with van der Waals surface area (Å²) >= 11 is 6.03. The summed E-state index contributed by atoms with van der Waals surface area (Å²) in [6, 6.07) is 12.3. The van der Waals surface area contributed by atoms with Gasteiger partial charge in [-0.1, -0.05) is 29.8 Å². The van der Waals surface area contributed by atoms with E-state index in [1.54, 1.807) is 12.1 Å². The number of para-hydroxylation sites is 1. The van der Waals surface area contributed by atoms with Crippen molar-refractivity contribution in [2.24, 2.45) is 0 Å². The number of nitrogens with one attached hydrogen (secondary N) is 1. The molecule has 1 N–H and O–H groups in total. The Hall–Kier alpha value is -2.20. The van der Waals surface area contributed by atoms with Crippen molar-refractivity contribution in [1.82, 2.24) is 9.97 Å². The van der Waals surface area contributed by atoms with E-state index >= 15 is 0 Å². The Morgan fingerprint density at radius 1 is 1.10 bits per heavy atom. The van der Waals surface area contributed by atoms with Crippen molar-refractivity contribution >= 4 is 28.3 Å². The van der Waals surface area contributed by atoms with E-state index in [9.17, 15) is 4.39 Å². The smallest absolute Gasteiger partial charge is 0.163 e. The normalized spacial score (nSPS) is 10.8. The Morgan fingerprint density at radius 3 is 2.71 bits per heavy atom. The lowest BCUT2D eigenvalue weighted by Gasteiger charge is -2.10. The first-order valence-corrected chi connectivity index (χ1v) is 7.03. The van der Waals surface area contributed by atoms with Crippen LogP contribution in [-0.4, -0.2) is 16.5 Å². The van der Waals surface area contributed by atoms with E-state index in [0.717, 1.165) is 23.3 Å². The van der Waals surface area contributed by atoms with Gasteiger partial charge in [-0.15, -0.1) is 0 Å². The van der Waals surface area contributed by atoms with Crippen LogP contribution >= 0.6 is 11.6 Å². The van der Waals surface area contributed by atoms with Crippen LogP contribution < -0.4 is 5.32 Å². The van der Waals surface area contributed by atoms with Crippen LogP contribution in [0.4, 0.5) is 10.2 Å². The summed E-state index contributed by atoms with van der Waals surface area (Å²) in [6.07, 6.45) is 0. The number of halogens is 2. The number of hydrogen-bond donors (Lipinski definition) is 1. The van der Waals surface area contributed by atoms with Crippen LogP contribution in [0.5, 0.6) is 0 Å². The van der Waals surface area contributed by atoms with E-state index in [2.05, 4.69) is 15.3 Å². The second-order valence-corrected chi connectivity index (χ2v) is 4.92. The molecule has 106 valence electrons. The van der Waals surface area contributed by atoms with E-state index in [-0.39, 0.29) is 5.02 Å². The van der Waals surface area contributed by atoms with Gasteiger partial charge in [-0.05, 0) is 31.2 Å². The zero-order valence-corrected chi connectivity index (χ0v) is 12.2. The first-order chi connectivity index (χ1) is 10.2. The fraction of sp³-hybridized carbons (Fsp3) is 0.125. The van der Waals surface area contributed by atoms with Gasteiger partial charge in [-0.3, -0.25) is 0 Å². The standard InChI is InChI=1S/C16H13ClFN3/c1-2-19-15-10-6-3-4-9-13(10)20-16(21-15)11-7-5-8-12(18)14(11)17/h3-9H,2H2,1H3,(H,19,20,21). The highest BCUT2D eigenvalue weighted by atomic mass is 35.5. The number of anilines is 1. The van der Waals surface area contributed by atoms with E-state index in [1.165, 1.54) is 6.07 Å². The summed E-state index contributed by atoms with van der Waals surface area (Å²) in [4.78, 5) is 8.98. The van der Waals surface area contributed by atoms with E-state index in [0.29, 0.717) is 11.4 Å². The minimum Gasteiger partial charge on any atom is -0.370 e. The summed E-state index contributed by atoms with van der Waals surface area (Å²) < 4.78 is 13.6. The molecule has 0 saturated heterocycles. The lowest BCUT2D eigenvalue weighted by atomic mass is 10.1. The molecule has 0 unspecified atom stereocenters. The molecule has 0 aliphatic carbocycles. The molecule has 5 heteroatoms. The molecule has 3 nitrogen and oxygen atoms in total. The van der Waals surface area contributed by atoms with Crippen molar-refractivity contribution in [2.75, 3.05) is 11.9 Å². The monoisotopic (exact) mass is 301 g/mol. The van der Waals surface area contributed by atoms with Crippen LogP contribution in [0, 0.1) is 5.82 Å². The summed E-state index contributed by atoms with van der Waals surface area (Å²) in [7, 11) is 0. The fourth-order valence-corrected chi connectivity index (χ4v) is 2.39. The van der Waals surface area contributed by atoms with Crippen molar-refractivity contribution in [1.29, 1.82) is 0 Å². The van der Waals surface area contributed by atoms with E-state index in [1.807, 2.05) is 31.2 Å². The van der Waals surface area contributed by atoms with Gasteiger partial charge in [-0.25, -0.2) is 14.4 Å². The van der Waals surface area contributed by atoms with Gasteiger partial charge < -0.3 is 5.32 Å². The van der Waals surface area contributed by atoms with Crippen LogP contribution in [0.1, 0.15) is 6.92 Å². The summed E-state index contributed by atoms with van der Waals surface area (Å²) in [5.41, 5.74) is 1.28. The summed E-state index contributed by atoms with van der Waals surface area (Å²) in [5, 5.41) is 4.17. The third kappa shape index (κ3) is 2.54. The number of nitrogens with zero attached hydrogens (tertiary/aromatic N) is 2. The average Bonchev–Trinajstić information content (AvgIpc) is 2.50. The first-order valence-electron chi connectivity index (χ1n) is 6.65. The number of aromatic nitrogens is 2. The molecule has 3 rings (SSSR count). The van der Waals surface area contributed by atoms with Crippen molar-refractivity contribution in [3.8, 4) is 11.4 Å². The van der Waals surface area contributed by atoms with Gasteiger partial charge in [0.15, 0.2) is 5.82 Å². The largest absolute Gasteiger partial charge is 0.370 e. The second-order valence-electron chi connectivity index (χ2n) is 4.54. The zero-order chi connectivity index (χ0) is 14.8. The lowest BCUT2D eigenvalue weighted by molar-refractivity contribution is 0.628. The number of rotatable bonds is 3. The minimum atomic E-state index is -0.476. The predicted molar refractivity (Wildman–Crippen MR) is 84.1 cm³/mol. The Balaban J connectivity index is 2.26. The highest BCUT2D eigenvalue weighted by molar-refractivity contribution is 6.33. The van der Waals surface area contributed by atoms with E-state index in [4.69, 9.17) is 11.6 Å². The van der Waals surface area contributed by atoms with Crippen LogP contribution in [0.3, 0.4) is 0 Å². The van der Waals surface area contributed by atoms with Gasteiger partial charge in [0.25, 0.3) is 0 Å². The van der Waals surface area contributed by atoms with Crippen molar-refractivity contribution in [3.05, 3.63) is 53.3 Å². The molecule has 0 bridgehead atoms. The molecule has 0 aliphatic rings. The quantitative estimate of drug-likeness (QED) is 0.773. The maximum Gasteiger partial charge on any atom is 0.163 e. The third-order valence-corrected chi connectivity index (χ3v) is 3.52. The Kier molecular flexibility index (Phi) is 3.71. The molecule has 1 aromatic heterocycles. The first kappa shape index (κ1) is 13.8. The van der Waals surface area contributed by atoms with Gasteiger partial charge >= 0.3 is 0 Å². The molecular weight excluding hydrogens is 289 g/mol. The average molecular weight is 302 g/mol. The molecule has 3 aromatic rings. The van der Waals surface area contributed by atoms with Gasteiger partial charge in [-0.2, -0.15) is 0 Å².